The molecule has 1 N–H and O–H groups in total. The van der Waals surface area contributed by atoms with Gasteiger partial charge >= 0.3 is 5.97 Å². The normalized spacial score (nSPS) is 19.3. The van der Waals surface area contributed by atoms with Crippen molar-refractivity contribution < 1.29 is 14.6 Å². The van der Waals surface area contributed by atoms with Gasteiger partial charge in [0.25, 0.3) is 0 Å². The van der Waals surface area contributed by atoms with E-state index >= 15 is 0 Å². The number of aliphatic carboxylic acids is 1. The lowest BCUT2D eigenvalue weighted by molar-refractivity contribution is -0.136. The number of carbonyl (C=O) groups is 1. The van der Waals surface area contributed by atoms with Gasteiger partial charge in [0.15, 0.2) is 0 Å². The fourth-order valence-corrected chi connectivity index (χ4v) is 2.54. The molecule has 0 spiro atoms. The molecule has 1 aliphatic heterocycles. The Morgan fingerprint density at radius 1 is 1.37 bits per heavy atom. The summed E-state index contributed by atoms with van der Waals surface area (Å²) in [5, 5.41) is 8.95. The van der Waals surface area contributed by atoms with Crippen molar-refractivity contribution in [3.8, 4) is 0 Å². The fraction of sp³-hybridized carbons (Fsp3) is 0.533. The molecular formula is C15H21NO3. The van der Waals surface area contributed by atoms with E-state index in [0.717, 1.165) is 37.4 Å². The highest BCUT2D eigenvalue weighted by atomic mass is 16.5. The van der Waals surface area contributed by atoms with Gasteiger partial charge in [0.2, 0.25) is 0 Å². The molecule has 1 aromatic carbocycles. The van der Waals surface area contributed by atoms with Crippen LogP contribution >= 0.6 is 0 Å². The van der Waals surface area contributed by atoms with Crippen LogP contribution in [-0.4, -0.2) is 41.3 Å². The third-order valence-electron chi connectivity index (χ3n) is 3.36. The van der Waals surface area contributed by atoms with Crippen LogP contribution in [0.25, 0.3) is 0 Å². The van der Waals surface area contributed by atoms with Gasteiger partial charge in [-0.1, -0.05) is 24.3 Å². The van der Waals surface area contributed by atoms with Crippen molar-refractivity contribution in [2.75, 3.05) is 19.7 Å². The van der Waals surface area contributed by atoms with E-state index in [4.69, 9.17) is 9.84 Å². The van der Waals surface area contributed by atoms with E-state index in [1.54, 1.807) is 0 Å². The van der Waals surface area contributed by atoms with Crippen molar-refractivity contribution in [3.63, 3.8) is 0 Å². The minimum absolute atomic E-state index is 0.0872. The van der Waals surface area contributed by atoms with Crippen molar-refractivity contribution in [3.05, 3.63) is 35.4 Å². The molecule has 0 unspecified atom stereocenters. The van der Waals surface area contributed by atoms with Crippen molar-refractivity contribution >= 4 is 5.97 Å². The van der Waals surface area contributed by atoms with Gasteiger partial charge in [-0.05, 0) is 25.0 Å². The van der Waals surface area contributed by atoms with Crippen molar-refractivity contribution in [2.45, 2.75) is 32.4 Å². The number of nitrogens with zero attached hydrogens (tertiary/aromatic N) is 1. The van der Waals surface area contributed by atoms with Crippen LogP contribution in [-0.2, 0) is 22.5 Å². The van der Waals surface area contributed by atoms with Crippen LogP contribution in [0.15, 0.2) is 24.3 Å². The molecule has 2 rings (SSSR count). The van der Waals surface area contributed by atoms with Crippen LogP contribution in [0.4, 0.5) is 0 Å². The largest absolute Gasteiger partial charge is 0.481 e. The second kappa shape index (κ2) is 5.72. The Morgan fingerprint density at radius 2 is 2.05 bits per heavy atom. The molecule has 0 atom stereocenters. The molecule has 104 valence electrons. The molecule has 4 nitrogen and oxygen atoms in total. The maximum absolute atomic E-state index is 10.9. The molecule has 0 amide bonds. The van der Waals surface area contributed by atoms with E-state index in [9.17, 15) is 4.79 Å². The van der Waals surface area contributed by atoms with Crippen LogP contribution in [0.1, 0.15) is 25.0 Å². The van der Waals surface area contributed by atoms with E-state index in [0.29, 0.717) is 0 Å². The molecule has 1 saturated heterocycles. The number of morpholine rings is 1. The van der Waals surface area contributed by atoms with E-state index in [1.807, 2.05) is 24.3 Å². The topological polar surface area (TPSA) is 49.8 Å². The van der Waals surface area contributed by atoms with Gasteiger partial charge < -0.3 is 9.84 Å². The maximum Gasteiger partial charge on any atom is 0.307 e. The smallest absolute Gasteiger partial charge is 0.307 e. The van der Waals surface area contributed by atoms with Gasteiger partial charge in [0, 0.05) is 19.6 Å². The Morgan fingerprint density at radius 3 is 2.68 bits per heavy atom. The Kier molecular flexibility index (Phi) is 4.22. The maximum atomic E-state index is 10.9. The van der Waals surface area contributed by atoms with E-state index in [2.05, 4.69) is 18.7 Å². The summed E-state index contributed by atoms with van der Waals surface area (Å²) in [6.45, 7) is 7.45. The van der Waals surface area contributed by atoms with Gasteiger partial charge in [-0.3, -0.25) is 9.69 Å². The fourth-order valence-electron chi connectivity index (χ4n) is 2.54. The summed E-state index contributed by atoms with van der Waals surface area (Å²) in [5.41, 5.74) is 1.88. The third kappa shape index (κ3) is 4.04. The number of hydrogen-bond acceptors (Lipinski definition) is 3. The first-order valence-electron chi connectivity index (χ1n) is 6.61. The van der Waals surface area contributed by atoms with Crippen LogP contribution in [0.3, 0.4) is 0 Å². The molecule has 1 aliphatic rings. The van der Waals surface area contributed by atoms with Crippen molar-refractivity contribution in [1.82, 2.24) is 4.90 Å². The summed E-state index contributed by atoms with van der Waals surface area (Å²) < 4.78 is 5.69. The van der Waals surface area contributed by atoms with Crippen LogP contribution < -0.4 is 0 Å². The van der Waals surface area contributed by atoms with Crippen molar-refractivity contribution in [2.24, 2.45) is 0 Å². The molecular weight excluding hydrogens is 242 g/mol. The molecule has 0 radical (unpaired) electrons. The quantitative estimate of drug-likeness (QED) is 0.901. The Labute approximate surface area is 114 Å². The molecule has 0 bridgehead atoms. The predicted molar refractivity (Wildman–Crippen MR) is 73.1 cm³/mol. The summed E-state index contributed by atoms with van der Waals surface area (Å²) in [5.74, 6) is -0.783. The Bertz CT molecular complexity index is 456. The van der Waals surface area contributed by atoms with E-state index in [1.165, 1.54) is 0 Å². The number of ether oxygens (including phenoxy) is 1. The van der Waals surface area contributed by atoms with Gasteiger partial charge in [-0.25, -0.2) is 0 Å². The third-order valence-corrected chi connectivity index (χ3v) is 3.36. The number of carboxylic acids is 1. The molecule has 0 aromatic heterocycles. The monoisotopic (exact) mass is 263 g/mol. The summed E-state index contributed by atoms with van der Waals surface area (Å²) in [6, 6.07) is 7.77. The number of rotatable bonds is 4. The lowest BCUT2D eigenvalue weighted by atomic mass is 10.0. The van der Waals surface area contributed by atoms with Crippen molar-refractivity contribution in [1.29, 1.82) is 0 Å². The lowest BCUT2D eigenvalue weighted by Gasteiger charge is -2.38. The highest BCUT2D eigenvalue weighted by Gasteiger charge is 2.27. The standard InChI is InChI=1S/C15H21NO3/c1-15(2)11-16(7-8-19-15)10-13-6-4-3-5-12(13)9-14(17)18/h3-6H,7-11H2,1-2H3,(H,17,18). The molecule has 19 heavy (non-hydrogen) atoms. The Balaban J connectivity index is 2.08. The van der Waals surface area contributed by atoms with Gasteiger partial charge in [0.1, 0.15) is 0 Å². The Hall–Kier alpha value is -1.39. The average molecular weight is 263 g/mol. The highest BCUT2D eigenvalue weighted by Crippen LogP contribution is 2.20. The predicted octanol–water partition coefficient (Wildman–Crippen LogP) is 1.92. The van der Waals surface area contributed by atoms with Gasteiger partial charge in [-0.2, -0.15) is 0 Å². The molecule has 1 aromatic rings. The summed E-state index contributed by atoms with van der Waals surface area (Å²) >= 11 is 0. The molecule has 4 heteroatoms. The first-order chi connectivity index (χ1) is 8.96. The van der Waals surface area contributed by atoms with Crippen LogP contribution in [0.2, 0.25) is 0 Å². The minimum Gasteiger partial charge on any atom is -0.481 e. The second-order valence-corrected chi connectivity index (χ2v) is 5.66. The SMILES string of the molecule is CC1(C)CN(Cc2ccccc2CC(=O)O)CCO1. The zero-order valence-corrected chi connectivity index (χ0v) is 11.6. The number of benzene rings is 1. The zero-order valence-electron chi connectivity index (χ0n) is 11.6. The number of carboxylic acid groups (broad SMARTS) is 1. The van der Waals surface area contributed by atoms with E-state index < -0.39 is 5.97 Å². The lowest BCUT2D eigenvalue weighted by Crippen LogP contribution is -2.47. The molecule has 0 aliphatic carbocycles. The summed E-state index contributed by atoms with van der Waals surface area (Å²) in [7, 11) is 0. The first kappa shape index (κ1) is 14.0. The van der Waals surface area contributed by atoms with Gasteiger partial charge in [-0.15, -0.1) is 0 Å². The second-order valence-electron chi connectivity index (χ2n) is 5.66. The average Bonchev–Trinajstić information content (AvgIpc) is 2.30. The van der Waals surface area contributed by atoms with Crippen LogP contribution in [0, 0.1) is 0 Å². The summed E-state index contributed by atoms with van der Waals surface area (Å²) in [6.07, 6.45) is 0.0872. The van der Waals surface area contributed by atoms with Crippen LogP contribution in [0.5, 0.6) is 0 Å². The first-order valence-corrected chi connectivity index (χ1v) is 6.61. The summed E-state index contributed by atoms with van der Waals surface area (Å²) in [4.78, 5) is 13.2. The molecule has 1 fully saturated rings. The zero-order chi connectivity index (χ0) is 13.9. The molecule has 0 saturated carbocycles. The van der Waals surface area contributed by atoms with Gasteiger partial charge in [0.05, 0.1) is 18.6 Å². The van der Waals surface area contributed by atoms with E-state index in [-0.39, 0.29) is 12.0 Å². The highest BCUT2D eigenvalue weighted by molar-refractivity contribution is 5.70. The molecule has 1 heterocycles. The number of hydrogen-bond donors (Lipinski definition) is 1. The minimum atomic E-state index is -0.783.